The summed E-state index contributed by atoms with van der Waals surface area (Å²) in [6, 6.07) is 7.83. The molecular formula is C19H27N3O2. The van der Waals surface area contributed by atoms with E-state index in [0.29, 0.717) is 24.8 Å². The van der Waals surface area contributed by atoms with Crippen LogP contribution in [0.4, 0.5) is 0 Å². The summed E-state index contributed by atoms with van der Waals surface area (Å²) in [6.07, 6.45) is 5.74. The van der Waals surface area contributed by atoms with Gasteiger partial charge in [-0.15, -0.1) is 0 Å². The van der Waals surface area contributed by atoms with Crippen LogP contribution in [0.2, 0.25) is 0 Å². The first kappa shape index (κ1) is 17.1. The highest BCUT2D eigenvalue weighted by atomic mass is 16.3. The van der Waals surface area contributed by atoms with Gasteiger partial charge in [-0.2, -0.15) is 0 Å². The molecule has 1 aliphatic rings. The number of hydrogen-bond acceptors (Lipinski definition) is 4. The van der Waals surface area contributed by atoms with Crippen LogP contribution in [0.5, 0.6) is 0 Å². The Labute approximate surface area is 143 Å². The summed E-state index contributed by atoms with van der Waals surface area (Å²) in [4.78, 5) is 19.4. The molecule has 1 unspecified atom stereocenters. The van der Waals surface area contributed by atoms with Crippen LogP contribution in [0, 0.1) is 6.92 Å². The summed E-state index contributed by atoms with van der Waals surface area (Å²) in [7, 11) is 0. The van der Waals surface area contributed by atoms with Gasteiger partial charge >= 0.3 is 0 Å². The zero-order valence-corrected chi connectivity index (χ0v) is 14.6. The van der Waals surface area contributed by atoms with Crippen molar-refractivity contribution in [2.24, 2.45) is 0 Å². The number of aliphatic hydroxyl groups excluding tert-OH is 1. The molecule has 24 heavy (non-hydrogen) atoms. The smallest absolute Gasteiger partial charge is 0.258 e. The summed E-state index contributed by atoms with van der Waals surface area (Å²) in [5.74, 6) is 0. The van der Waals surface area contributed by atoms with Crippen LogP contribution in [0.25, 0.3) is 5.65 Å². The first-order valence-electron chi connectivity index (χ1n) is 8.95. The number of aryl methyl sites for hydroxylation is 1. The second-order valence-electron chi connectivity index (χ2n) is 7.02. The van der Waals surface area contributed by atoms with Gasteiger partial charge in [-0.1, -0.05) is 25.3 Å². The van der Waals surface area contributed by atoms with E-state index in [9.17, 15) is 9.90 Å². The molecule has 5 heteroatoms. The van der Waals surface area contributed by atoms with E-state index in [1.165, 1.54) is 32.1 Å². The Bertz CT molecular complexity index is 748. The SMILES string of the molecule is Cc1cccc2nc(CN(CC(C)O)C3CCCCC3)cc(=O)n12. The molecule has 0 aromatic carbocycles. The maximum atomic E-state index is 12.5. The standard InChI is InChI=1S/C19H27N3O2/c1-14-7-6-10-18-20-16(11-19(24)22(14)18)13-21(12-15(2)23)17-8-4-3-5-9-17/h6-7,10-11,15,17,23H,3-5,8-9,12-13H2,1-2H3. The fraction of sp³-hybridized carbons (Fsp3) is 0.579. The third kappa shape index (κ3) is 3.84. The zero-order chi connectivity index (χ0) is 17.1. The predicted octanol–water partition coefficient (Wildman–Crippen LogP) is 2.52. The Kier molecular flexibility index (Phi) is 5.31. The van der Waals surface area contributed by atoms with Crippen molar-refractivity contribution in [1.82, 2.24) is 14.3 Å². The molecule has 0 aliphatic heterocycles. The van der Waals surface area contributed by atoms with Gasteiger partial charge in [-0.05, 0) is 38.8 Å². The van der Waals surface area contributed by atoms with Crippen LogP contribution >= 0.6 is 0 Å². The van der Waals surface area contributed by atoms with Gasteiger partial charge in [0.25, 0.3) is 5.56 Å². The number of pyridine rings is 1. The molecule has 3 rings (SSSR count). The minimum absolute atomic E-state index is 0.0336. The maximum Gasteiger partial charge on any atom is 0.258 e. The average molecular weight is 329 g/mol. The van der Waals surface area contributed by atoms with Crippen LogP contribution in [-0.4, -0.2) is 38.1 Å². The molecular weight excluding hydrogens is 302 g/mol. The van der Waals surface area contributed by atoms with Gasteiger partial charge < -0.3 is 5.11 Å². The van der Waals surface area contributed by atoms with Crippen molar-refractivity contribution >= 4 is 5.65 Å². The zero-order valence-electron chi connectivity index (χ0n) is 14.6. The van der Waals surface area contributed by atoms with Crippen LogP contribution in [0.1, 0.15) is 50.4 Å². The third-order valence-corrected chi connectivity index (χ3v) is 4.89. The number of nitrogens with zero attached hydrogens (tertiary/aromatic N) is 3. The van der Waals surface area contributed by atoms with E-state index >= 15 is 0 Å². The lowest BCUT2D eigenvalue weighted by atomic mass is 9.94. The van der Waals surface area contributed by atoms with Crippen LogP contribution in [0.15, 0.2) is 29.1 Å². The highest BCUT2D eigenvalue weighted by molar-refractivity contribution is 5.40. The minimum Gasteiger partial charge on any atom is -0.392 e. The summed E-state index contributed by atoms with van der Waals surface area (Å²) in [5, 5.41) is 9.87. The first-order valence-corrected chi connectivity index (χ1v) is 8.95. The highest BCUT2D eigenvalue weighted by Gasteiger charge is 2.23. The lowest BCUT2D eigenvalue weighted by Gasteiger charge is -2.34. The number of rotatable bonds is 5. The molecule has 2 heterocycles. The molecule has 130 valence electrons. The lowest BCUT2D eigenvalue weighted by Crippen LogP contribution is -2.41. The Hall–Kier alpha value is -1.72. The van der Waals surface area contributed by atoms with E-state index in [1.54, 1.807) is 10.5 Å². The van der Waals surface area contributed by atoms with Crippen molar-refractivity contribution in [2.75, 3.05) is 6.54 Å². The lowest BCUT2D eigenvalue weighted by molar-refractivity contribution is 0.0760. The van der Waals surface area contributed by atoms with Crippen molar-refractivity contribution in [3.8, 4) is 0 Å². The van der Waals surface area contributed by atoms with Crippen LogP contribution in [-0.2, 0) is 6.54 Å². The molecule has 1 fully saturated rings. The van der Waals surface area contributed by atoms with E-state index in [4.69, 9.17) is 0 Å². The number of aromatic nitrogens is 2. The van der Waals surface area contributed by atoms with Gasteiger partial charge in [0.15, 0.2) is 0 Å². The normalized spacial score (nSPS) is 17.5. The van der Waals surface area contributed by atoms with Gasteiger partial charge in [0.2, 0.25) is 0 Å². The van der Waals surface area contributed by atoms with Crippen molar-refractivity contribution in [3.63, 3.8) is 0 Å². The van der Waals surface area contributed by atoms with Crippen molar-refractivity contribution in [3.05, 3.63) is 46.0 Å². The molecule has 5 nitrogen and oxygen atoms in total. The third-order valence-electron chi connectivity index (χ3n) is 4.89. The molecule has 2 aromatic rings. The van der Waals surface area contributed by atoms with Crippen LogP contribution in [0.3, 0.4) is 0 Å². The molecule has 1 N–H and O–H groups in total. The summed E-state index contributed by atoms with van der Waals surface area (Å²) in [5.41, 5.74) is 2.34. The molecule has 1 atom stereocenters. The predicted molar refractivity (Wildman–Crippen MR) is 95.2 cm³/mol. The number of aliphatic hydroxyl groups is 1. The fourth-order valence-electron chi connectivity index (χ4n) is 3.78. The second-order valence-corrected chi connectivity index (χ2v) is 7.02. The first-order chi connectivity index (χ1) is 11.5. The van der Waals surface area contributed by atoms with Crippen LogP contribution < -0.4 is 5.56 Å². The number of fused-ring (bicyclic) bond motifs is 1. The molecule has 0 amide bonds. The van der Waals surface area contributed by atoms with Crippen molar-refractivity contribution in [1.29, 1.82) is 0 Å². The van der Waals surface area contributed by atoms with Crippen molar-refractivity contribution < 1.29 is 5.11 Å². The molecule has 0 spiro atoms. The summed E-state index contributed by atoms with van der Waals surface area (Å²) < 4.78 is 1.64. The Morgan fingerprint density at radius 1 is 1.33 bits per heavy atom. The fourth-order valence-corrected chi connectivity index (χ4v) is 3.78. The van der Waals surface area contributed by atoms with E-state index in [1.807, 2.05) is 32.0 Å². The minimum atomic E-state index is -0.379. The molecule has 2 aromatic heterocycles. The molecule has 1 saturated carbocycles. The van der Waals surface area contributed by atoms with E-state index < -0.39 is 0 Å². The quantitative estimate of drug-likeness (QED) is 0.916. The second kappa shape index (κ2) is 7.45. The maximum absolute atomic E-state index is 12.5. The molecule has 0 radical (unpaired) electrons. The Balaban J connectivity index is 1.88. The Morgan fingerprint density at radius 3 is 2.79 bits per heavy atom. The van der Waals surface area contributed by atoms with Gasteiger partial charge in [0.05, 0.1) is 11.8 Å². The molecule has 0 bridgehead atoms. The van der Waals surface area contributed by atoms with E-state index in [0.717, 1.165) is 11.4 Å². The highest BCUT2D eigenvalue weighted by Crippen LogP contribution is 2.24. The monoisotopic (exact) mass is 329 g/mol. The molecule has 1 aliphatic carbocycles. The van der Waals surface area contributed by atoms with E-state index in [2.05, 4.69) is 9.88 Å². The van der Waals surface area contributed by atoms with Gasteiger partial charge in [0, 0.05) is 30.9 Å². The Morgan fingerprint density at radius 2 is 2.08 bits per heavy atom. The largest absolute Gasteiger partial charge is 0.392 e. The number of hydrogen-bond donors (Lipinski definition) is 1. The van der Waals surface area contributed by atoms with Crippen molar-refractivity contribution in [2.45, 2.75) is 64.6 Å². The van der Waals surface area contributed by atoms with Gasteiger partial charge in [0.1, 0.15) is 5.65 Å². The topological polar surface area (TPSA) is 57.8 Å². The summed E-state index contributed by atoms with van der Waals surface area (Å²) in [6.45, 7) is 4.98. The van der Waals surface area contributed by atoms with Gasteiger partial charge in [-0.25, -0.2) is 4.98 Å². The molecule has 0 saturated heterocycles. The summed E-state index contributed by atoms with van der Waals surface area (Å²) >= 11 is 0. The van der Waals surface area contributed by atoms with E-state index in [-0.39, 0.29) is 11.7 Å². The average Bonchev–Trinajstić information content (AvgIpc) is 2.54. The van der Waals surface area contributed by atoms with Gasteiger partial charge in [-0.3, -0.25) is 14.1 Å².